The van der Waals surface area contributed by atoms with E-state index in [9.17, 15) is 18.3 Å². The van der Waals surface area contributed by atoms with E-state index < -0.39 is 29.2 Å². The predicted molar refractivity (Wildman–Crippen MR) is 111 cm³/mol. The summed E-state index contributed by atoms with van der Waals surface area (Å²) in [5.74, 6) is -2.02. The maximum atomic E-state index is 14.6. The van der Waals surface area contributed by atoms with Crippen molar-refractivity contribution in [1.29, 1.82) is 0 Å². The Kier molecular flexibility index (Phi) is 6.50. The fourth-order valence-electron chi connectivity index (χ4n) is 3.35. The molecule has 2 aromatic heterocycles. The fraction of sp³-hybridized carbons (Fsp3) is 0.227. The number of halogens is 4. The topological polar surface area (TPSA) is 86.2 Å². The van der Waals surface area contributed by atoms with Crippen LogP contribution in [0.2, 0.25) is 5.02 Å². The van der Waals surface area contributed by atoms with E-state index in [4.69, 9.17) is 20.9 Å². The van der Waals surface area contributed by atoms with Gasteiger partial charge in [0.2, 0.25) is 0 Å². The molecule has 0 saturated carbocycles. The van der Waals surface area contributed by atoms with Gasteiger partial charge in [-0.2, -0.15) is 5.10 Å². The number of rotatable bonds is 8. The van der Waals surface area contributed by atoms with Gasteiger partial charge in [0, 0.05) is 23.3 Å². The van der Waals surface area contributed by atoms with Gasteiger partial charge in [-0.05, 0) is 25.1 Å². The molecule has 2 unspecified atom stereocenters. The van der Waals surface area contributed by atoms with Crippen LogP contribution < -0.4 is 0 Å². The second-order valence-corrected chi connectivity index (χ2v) is 7.81. The molecule has 4 aromatic rings. The molecule has 0 aliphatic carbocycles. The molecule has 0 aliphatic heterocycles. The molecule has 11 heteroatoms. The normalized spacial score (nSPS) is 14.2. The fourth-order valence-corrected chi connectivity index (χ4v) is 3.47. The van der Waals surface area contributed by atoms with Gasteiger partial charge in [-0.1, -0.05) is 28.9 Å². The predicted octanol–water partition coefficient (Wildman–Crippen LogP) is 4.50. The van der Waals surface area contributed by atoms with Gasteiger partial charge < -0.3 is 14.4 Å². The molecule has 0 amide bonds. The summed E-state index contributed by atoms with van der Waals surface area (Å²) in [4.78, 5) is 3.82. The third kappa shape index (κ3) is 4.92. The molecular weight excluding hydrogens is 461 g/mol. The molecule has 2 atom stereocenters. The van der Waals surface area contributed by atoms with Crippen LogP contribution >= 0.6 is 11.6 Å². The van der Waals surface area contributed by atoms with Crippen LogP contribution in [0.15, 0.2) is 59.6 Å². The van der Waals surface area contributed by atoms with Gasteiger partial charge in [0.1, 0.15) is 48.0 Å². The minimum Gasteiger partial charge on any atom is -0.380 e. The van der Waals surface area contributed by atoms with Crippen LogP contribution in [0.4, 0.5) is 13.2 Å². The standard InChI is InChI=1S/C22H18ClF3N4O3/c1-13(32-9-16-8-21(29-33-16)14-2-5-18(23)20(26)6-14)22(31,10-30-12-27-11-28-30)17-4-3-15(24)7-19(17)25/h2-8,11-13,31H,9-10H2,1H3. The number of nitrogens with zero attached hydrogens (tertiary/aromatic N) is 4. The molecule has 4 rings (SSSR count). The lowest BCUT2D eigenvalue weighted by atomic mass is 9.88. The average Bonchev–Trinajstić information content (AvgIpc) is 3.46. The second kappa shape index (κ2) is 9.34. The number of aromatic nitrogens is 4. The minimum atomic E-state index is -1.92. The lowest BCUT2D eigenvalue weighted by molar-refractivity contribution is -0.126. The van der Waals surface area contributed by atoms with Crippen molar-refractivity contribution in [3.63, 3.8) is 0 Å². The first kappa shape index (κ1) is 23.0. The van der Waals surface area contributed by atoms with Gasteiger partial charge in [-0.15, -0.1) is 0 Å². The monoisotopic (exact) mass is 478 g/mol. The van der Waals surface area contributed by atoms with Crippen molar-refractivity contribution in [2.75, 3.05) is 0 Å². The Morgan fingerprint density at radius 2 is 1.97 bits per heavy atom. The number of hydrogen-bond donors (Lipinski definition) is 1. The quantitative estimate of drug-likeness (QED) is 0.401. The van der Waals surface area contributed by atoms with Gasteiger partial charge >= 0.3 is 0 Å². The average molecular weight is 479 g/mol. The summed E-state index contributed by atoms with van der Waals surface area (Å²) >= 11 is 5.70. The SMILES string of the molecule is CC(OCc1cc(-c2ccc(Cl)c(F)c2)no1)C(O)(Cn1cncn1)c1ccc(F)cc1F. The van der Waals surface area contributed by atoms with Crippen molar-refractivity contribution in [3.05, 3.63) is 88.9 Å². The van der Waals surface area contributed by atoms with Crippen molar-refractivity contribution in [2.45, 2.75) is 31.8 Å². The van der Waals surface area contributed by atoms with E-state index in [1.54, 1.807) is 12.1 Å². The first-order chi connectivity index (χ1) is 15.8. The second-order valence-electron chi connectivity index (χ2n) is 7.40. The molecule has 1 N–H and O–H groups in total. The third-order valence-corrected chi connectivity index (χ3v) is 5.50. The van der Waals surface area contributed by atoms with E-state index in [-0.39, 0.29) is 29.5 Å². The molecule has 0 aliphatic rings. The molecule has 0 radical (unpaired) electrons. The number of ether oxygens (including phenoxy) is 1. The largest absolute Gasteiger partial charge is 0.380 e. The van der Waals surface area contributed by atoms with Gasteiger partial charge in [0.05, 0.1) is 17.7 Å². The number of hydrogen-bond acceptors (Lipinski definition) is 6. The van der Waals surface area contributed by atoms with Gasteiger partial charge in [-0.3, -0.25) is 0 Å². The molecule has 0 saturated heterocycles. The molecule has 2 heterocycles. The van der Waals surface area contributed by atoms with E-state index in [0.29, 0.717) is 17.3 Å². The van der Waals surface area contributed by atoms with Crippen LogP contribution in [0.25, 0.3) is 11.3 Å². The number of aliphatic hydroxyl groups is 1. The van der Waals surface area contributed by atoms with Crippen LogP contribution in [-0.4, -0.2) is 31.1 Å². The number of benzene rings is 2. The maximum absolute atomic E-state index is 14.6. The Morgan fingerprint density at radius 3 is 2.67 bits per heavy atom. The Balaban J connectivity index is 1.54. The van der Waals surface area contributed by atoms with E-state index in [1.807, 2.05) is 0 Å². The summed E-state index contributed by atoms with van der Waals surface area (Å²) in [5, 5.41) is 19.3. The van der Waals surface area contributed by atoms with Crippen molar-refractivity contribution in [1.82, 2.24) is 19.9 Å². The van der Waals surface area contributed by atoms with Crippen LogP contribution in [-0.2, 0) is 23.5 Å². The molecule has 0 bridgehead atoms. The van der Waals surface area contributed by atoms with E-state index in [2.05, 4.69) is 15.2 Å². The highest BCUT2D eigenvalue weighted by Crippen LogP contribution is 2.32. The van der Waals surface area contributed by atoms with Crippen LogP contribution in [0.5, 0.6) is 0 Å². The summed E-state index contributed by atoms with van der Waals surface area (Å²) < 4.78 is 54.1. The molecule has 7 nitrogen and oxygen atoms in total. The smallest absolute Gasteiger partial charge is 0.163 e. The van der Waals surface area contributed by atoms with E-state index >= 15 is 0 Å². The van der Waals surface area contributed by atoms with Crippen molar-refractivity contribution in [2.24, 2.45) is 0 Å². The zero-order valence-electron chi connectivity index (χ0n) is 17.3. The third-order valence-electron chi connectivity index (χ3n) is 5.19. The van der Waals surface area contributed by atoms with Gasteiger partial charge in [0.15, 0.2) is 5.76 Å². The molecule has 0 spiro atoms. The first-order valence-electron chi connectivity index (χ1n) is 9.79. The molecule has 33 heavy (non-hydrogen) atoms. The Hall–Kier alpha value is -3.21. The summed E-state index contributed by atoms with van der Waals surface area (Å²) in [6.07, 6.45) is 1.62. The molecule has 2 aromatic carbocycles. The van der Waals surface area contributed by atoms with Gasteiger partial charge in [0.25, 0.3) is 0 Å². The summed E-state index contributed by atoms with van der Waals surface area (Å²) in [5.41, 5.74) is -1.27. The van der Waals surface area contributed by atoms with Crippen molar-refractivity contribution >= 4 is 11.6 Å². The van der Waals surface area contributed by atoms with Crippen molar-refractivity contribution in [3.8, 4) is 11.3 Å². The van der Waals surface area contributed by atoms with Crippen molar-refractivity contribution < 1.29 is 27.5 Å². The first-order valence-corrected chi connectivity index (χ1v) is 10.2. The zero-order valence-corrected chi connectivity index (χ0v) is 18.0. The van der Waals surface area contributed by atoms with E-state index in [0.717, 1.165) is 12.1 Å². The van der Waals surface area contributed by atoms with Crippen LogP contribution in [0.1, 0.15) is 18.2 Å². The van der Waals surface area contributed by atoms with Gasteiger partial charge in [-0.25, -0.2) is 22.8 Å². The zero-order chi connectivity index (χ0) is 23.6. The lowest BCUT2D eigenvalue weighted by Crippen LogP contribution is -2.44. The minimum absolute atomic E-state index is 0.0145. The maximum Gasteiger partial charge on any atom is 0.163 e. The van der Waals surface area contributed by atoms with Crippen LogP contribution in [0, 0.1) is 17.5 Å². The Morgan fingerprint density at radius 1 is 1.15 bits per heavy atom. The Bertz CT molecular complexity index is 1250. The van der Waals surface area contributed by atoms with Crippen LogP contribution in [0.3, 0.4) is 0 Å². The highest BCUT2D eigenvalue weighted by Gasteiger charge is 2.40. The van der Waals surface area contributed by atoms with E-state index in [1.165, 1.54) is 36.4 Å². The highest BCUT2D eigenvalue weighted by molar-refractivity contribution is 6.30. The Labute approximate surface area is 191 Å². The summed E-state index contributed by atoms with van der Waals surface area (Å²) in [6.45, 7) is 1.20. The molecule has 172 valence electrons. The lowest BCUT2D eigenvalue weighted by Gasteiger charge is -2.34. The molecule has 0 fully saturated rings. The summed E-state index contributed by atoms with van der Waals surface area (Å²) in [6, 6.07) is 8.65. The molecular formula is C22H18ClF3N4O3. The highest BCUT2D eigenvalue weighted by atomic mass is 35.5. The summed E-state index contributed by atoms with van der Waals surface area (Å²) in [7, 11) is 0.